The molecule has 6 nitrogen and oxygen atoms in total. The van der Waals surface area contributed by atoms with Gasteiger partial charge >= 0.3 is 0 Å². The van der Waals surface area contributed by atoms with E-state index in [1.807, 2.05) is 12.1 Å². The van der Waals surface area contributed by atoms with E-state index in [9.17, 15) is 0 Å². The predicted molar refractivity (Wildman–Crippen MR) is 81.6 cm³/mol. The second-order valence-electron chi connectivity index (χ2n) is 4.68. The summed E-state index contributed by atoms with van der Waals surface area (Å²) in [7, 11) is 0. The second kappa shape index (κ2) is 6.69. The van der Waals surface area contributed by atoms with Gasteiger partial charge in [-0.15, -0.1) is 0 Å². The van der Waals surface area contributed by atoms with Crippen LogP contribution in [0.15, 0.2) is 30.6 Å². The fraction of sp³-hybridized carbons (Fsp3) is 0.357. The van der Waals surface area contributed by atoms with Gasteiger partial charge in [-0.2, -0.15) is 4.98 Å². The third kappa shape index (κ3) is 3.80. The summed E-state index contributed by atoms with van der Waals surface area (Å²) in [6.07, 6.45) is 3.52. The van der Waals surface area contributed by atoms with Crippen molar-refractivity contribution < 1.29 is 4.74 Å². The number of nitrogens with zero attached hydrogens (tertiary/aromatic N) is 4. The van der Waals surface area contributed by atoms with Crippen molar-refractivity contribution in [2.75, 3.05) is 36.5 Å². The molecule has 2 aromatic heterocycles. The molecule has 1 N–H and O–H groups in total. The van der Waals surface area contributed by atoms with Gasteiger partial charge in [0.2, 0.25) is 5.95 Å². The van der Waals surface area contributed by atoms with Crippen LogP contribution >= 0.6 is 11.6 Å². The summed E-state index contributed by atoms with van der Waals surface area (Å²) in [4.78, 5) is 14.9. The molecule has 110 valence electrons. The van der Waals surface area contributed by atoms with E-state index in [0.29, 0.717) is 30.9 Å². The van der Waals surface area contributed by atoms with E-state index < -0.39 is 0 Å². The molecular formula is C14H16ClN5O. The van der Waals surface area contributed by atoms with Gasteiger partial charge in [-0.1, -0.05) is 11.6 Å². The highest BCUT2D eigenvalue weighted by Gasteiger charge is 2.14. The standard InChI is InChI=1S/C14H16ClN5O/c15-12-9-13(20-5-7-21-8-6-20)19-14(18-12)17-10-11-1-3-16-4-2-11/h1-4,9H,5-8,10H2,(H,17,18,19). The van der Waals surface area contributed by atoms with E-state index >= 15 is 0 Å². The summed E-state index contributed by atoms with van der Waals surface area (Å²) in [6.45, 7) is 3.68. The molecular weight excluding hydrogens is 290 g/mol. The zero-order valence-corrected chi connectivity index (χ0v) is 12.3. The minimum atomic E-state index is 0.434. The van der Waals surface area contributed by atoms with Crippen LogP contribution in [-0.4, -0.2) is 41.3 Å². The third-order valence-corrected chi connectivity index (χ3v) is 3.41. The van der Waals surface area contributed by atoms with E-state index in [2.05, 4.69) is 25.2 Å². The number of nitrogens with one attached hydrogen (secondary N) is 1. The first kappa shape index (κ1) is 14.0. The summed E-state index contributed by atoms with van der Waals surface area (Å²) in [5.74, 6) is 1.36. The molecule has 2 aromatic rings. The number of aromatic nitrogens is 3. The van der Waals surface area contributed by atoms with Crippen molar-refractivity contribution in [3.05, 3.63) is 41.3 Å². The Bertz CT molecular complexity index is 589. The minimum absolute atomic E-state index is 0.434. The lowest BCUT2D eigenvalue weighted by atomic mass is 10.3. The number of rotatable bonds is 4. The van der Waals surface area contributed by atoms with Crippen LogP contribution in [0.3, 0.4) is 0 Å². The van der Waals surface area contributed by atoms with Gasteiger partial charge in [0.1, 0.15) is 11.0 Å². The zero-order chi connectivity index (χ0) is 14.5. The average molecular weight is 306 g/mol. The highest BCUT2D eigenvalue weighted by atomic mass is 35.5. The largest absolute Gasteiger partial charge is 0.378 e. The first-order chi connectivity index (χ1) is 10.3. The lowest BCUT2D eigenvalue weighted by molar-refractivity contribution is 0.122. The second-order valence-corrected chi connectivity index (χ2v) is 5.07. The number of halogens is 1. The van der Waals surface area contributed by atoms with Crippen LogP contribution < -0.4 is 10.2 Å². The monoisotopic (exact) mass is 305 g/mol. The summed E-state index contributed by atoms with van der Waals surface area (Å²) >= 11 is 6.09. The lowest BCUT2D eigenvalue weighted by Crippen LogP contribution is -2.36. The van der Waals surface area contributed by atoms with Gasteiger partial charge in [-0.05, 0) is 17.7 Å². The number of hydrogen-bond donors (Lipinski definition) is 1. The number of pyridine rings is 1. The summed E-state index contributed by atoms with van der Waals surface area (Å²) < 4.78 is 5.35. The van der Waals surface area contributed by atoms with E-state index in [0.717, 1.165) is 24.5 Å². The Balaban J connectivity index is 1.71. The Morgan fingerprint density at radius 3 is 2.71 bits per heavy atom. The molecule has 0 saturated carbocycles. The fourth-order valence-corrected chi connectivity index (χ4v) is 2.30. The van der Waals surface area contributed by atoms with Gasteiger partial charge in [-0.25, -0.2) is 4.98 Å². The van der Waals surface area contributed by atoms with Crippen LogP contribution in [-0.2, 0) is 11.3 Å². The van der Waals surface area contributed by atoms with Gasteiger partial charge in [0.15, 0.2) is 0 Å². The van der Waals surface area contributed by atoms with Crippen LogP contribution in [0.4, 0.5) is 11.8 Å². The van der Waals surface area contributed by atoms with Crippen molar-refractivity contribution >= 4 is 23.4 Å². The molecule has 0 atom stereocenters. The smallest absolute Gasteiger partial charge is 0.226 e. The molecule has 3 heterocycles. The third-order valence-electron chi connectivity index (χ3n) is 3.22. The van der Waals surface area contributed by atoms with Crippen LogP contribution in [0, 0.1) is 0 Å². The first-order valence-corrected chi connectivity index (χ1v) is 7.19. The lowest BCUT2D eigenvalue weighted by Gasteiger charge is -2.28. The van der Waals surface area contributed by atoms with E-state index in [-0.39, 0.29) is 0 Å². The van der Waals surface area contributed by atoms with Crippen molar-refractivity contribution in [3.8, 4) is 0 Å². The molecule has 0 spiro atoms. The molecule has 1 aliphatic rings. The molecule has 1 saturated heterocycles. The van der Waals surface area contributed by atoms with Crippen molar-refractivity contribution in [2.24, 2.45) is 0 Å². The maximum atomic E-state index is 6.09. The fourth-order valence-electron chi connectivity index (χ4n) is 2.12. The number of anilines is 2. The zero-order valence-electron chi connectivity index (χ0n) is 11.5. The summed E-state index contributed by atoms with van der Waals surface area (Å²) in [5, 5.41) is 3.62. The van der Waals surface area contributed by atoms with Crippen molar-refractivity contribution in [3.63, 3.8) is 0 Å². The summed E-state index contributed by atoms with van der Waals surface area (Å²) in [5.41, 5.74) is 1.11. The van der Waals surface area contributed by atoms with Gasteiger partial charge < -0.3 is 15.0 Å². The number of morpholine rings is 1. The number of hydrogen-bond acceptors (Lipinski definition) is 6. The Labute approximate surface area is 128 Å². The SMILES string of the molecule is Clc1cc(N2CCOCC2)nc(NCc2ccncc2)n1. The van der Waals surface area contributed by atoms with Crippen LogP contribution in [0.25, 0.3) is 0 Å². The van der Waals surface area contributed by atoms with Gasteiger partial charge in [-0.3, -0.25) is 4.98 Å². The van der Waals surface area contributed by atoms with Crippen molar-refractivity contribution in [1.82, 2.24) is 15.0 Å². The quantitative estimate of drug-likeness (QED) is 0.871. The summed E-state index contributed by atoms with van der Waals surface area (Å²) in [6, 6.07) is 5.67. The van der Waals surface area contributed by atoms with Crippen LogP contribution in [0.1, 0.15) is 5.56 Å². The van der Waals surface area contributed by atoms with Crippen LogP contribution in [0.5, 0.6) is 0 Å². The Morgan fingerprint density at radius 1 is 1.19 bits per heavy atom. The Morgan fingerprint density at radius 2 is 1.95 bits per heavy atom. The highest BCUT2D eigenvalue weighted by Crippen LogP contribution is 2.19. The van der Waals surface area contributed by atoms with Crippen molar-refractivity contribution in [1.29, 1.82) is 0 Å². The van der Waals surface area contributed by atoms with E-state index in [1.165, 1.54) is 0 Å². The normalized spacial score (nSPS) is 15.0. The molecule has 0 radical (unpaired) electrons. The molecule has 1 aliphatic heterocycles. The highest BCUT2D eigenvalue weighted by molar-refractivity contribution is 6.29. The Hall–Kier alpha value is -1.92. The van der Waals surface area contributed by atoms with Gasteiger partial charge in [0.25, 0.3) is 0 Å². The molecule has 7 heteroatoms. The van der Waals surface area contributed by atoms with Gasteiger partial charge in [0, 0.05) is 38.1 Å². The average Bonchev–Trinajstić information content (AvgIpc) is 2.54. The molecule has 3 rings (SSSR count). The molecule has 0 unspecified atom stereocenters. The van der Waals surface area contributed by atoms with E-state index in [1.54, 1.807) is 18.5 Å². The molecule has 0 bridgehead atoms. The van der Waals surface area contributed by atoms with E-state index in [4.69, 9.17) is 16.3 Å². The van der Waals surface area contributed by atoms with Crippen molar-refractivity contribution in [2.45, 2.75) is 6.54 Å². The molecule has 0 aromatic carbocycles. The van der Waals surface area contributed by atoms with Gasteiger partial charge in [0.05, 0.1) is 13.2 Å². The van der Waals surface area contributed by atoms with Crippen LogP contribution in [0.2, 0.25) is 5.15 Å². The topological polar surface area (TPSA) is 63.2 Å². The first-order valence-electron chi connectivity index (χ1n) is 6.81. The molecule has 0 aliphatic carbocycles. The molecule has 1 fully saturated rings. The molecule has 21 heavy (non-hydrogen) atoms. The maximum absolute atomic E-state index is 6.09. The Kier molecular flexibility index (Phi) is 4.47. The maximum Gasteiger partial charge on any atom is 0.226 e. The minimum Gasteiger partial charge on any atom is -0.378 e. The number of ether oxygens (including phenoxy) is 1. The predicted octanol–water partition coefficient (Wildman–Crippen LogP) is 1.97. The molecule has 0 amide bonds.